The molecule has 1 aromatic heterocycles. The molecule has 0 saturated carbocycles. The molecule has 0 spiro atoms. The van der Waals surface area contributed by atoms with Crippen molar-refractivity contribution in [1.29, 1.82) is 0 Å². The highest BCUT2D eigenvalue weighted by Crippen LogP contribution is 2.25. The van der Waals surface area contributed by atoms with Crippen LogP contribution in [0.3, 0.4) is 0 Å². The van der Waals surface area contributed by atoms with Gasteiger partial charge in [-0.2, -0.15) is 0 Å². The van der Waals surface area contributed by atoms with E-state index in [-0.39, 0.29) is 0 Å². The van der Waals surface area contributed by atoms with Crippen molar-refractivity contribution in [2.45, 2.75) is 26.3 Å². The van der Waals surface area contributed by atoms with Crippen molar-refractivity contribution in [3.63, 3.8) is 0 Å². The van der Waals surface area contributed by atoms with Crippen molar-refractivity contribution >= 4 is 10.9 Å². The van der Waals surface area contributed by atoms with Crippen LogP contribution in [-0.4, -0.2) is 38.0 Å². The molecule has 0 aliphatic heterocycles. The molecule has 4 nitrogen and oxygen atoms in total. The van der Waals surface area contributed by atoms with Gasteiger partial charge in [0.15, 0.2) is 0 Å². The summed E-state index contributed by atoms with van der Waals surface area (Å²) in [5.74, 6) is 0.940. The lowest BCUT2D eigenvalue weighted by Gasteiger charge is -2.08. The van der Waals surface area contributed by atoms with Crippen molar-refractivity contribution in [2.75, 3.05) is 33.4 Å². The van der Waals surface area contributed by atoms with E-state index < -0.39 is 0 Å². The molecule has 0 unspecified atom stereocenters. The summed E-state index contributed by atoms with van der Waals surface area (Å²) in [5.41, 5.74) is 1.23. The zero-order chi connectivity index (χ0) is 14.9. The Labute approximate surface area is 127 Å². The average molecular weight is 290 g/mol. The average Bonchev–Trinajstić information content (AvgIpc) is 2.93. The molecule has 2 rings (SSSR count). The van der Waals surface area contributed by atoms with Gasteiger partial charge in [-0.05, 0) is 44.5 Å². The first-order valence-corrected chi connectivity index (χ1v) is 7.77. The maximum Gasteiger partial charge on any atom is 0.128 e. The van der Waals surface area contributed by atoms with E-state index in [2.05, 4.69) is 28.2 Å². The van der Waals surface area contributed by atoms with E-state index >= 15 is 0 Å². The third kappa shape index (κ3) is 4.48. The first kappa shape index (κ1) is 15.9. The molecule has 1 N–H and O–H groups in total. The van der Waals surface area contributed by atoms with Crippen LogP contribution in [0.2, 0.25) is 0 Å². The van der Waals surface area contributed by atoms with Crippen LogP contribution in [0, 0.1) is 0 Å². The number of hydrogen-bond donors (Lipinski definition) is 1. The Balaban J connectivity index is 1.74. The molecule has 0 amide bonds. The van der Waals surface area contributed by atoms with Crippen LogP contribution >= 0.6 is 0 Å². The quantitative estimate of drug-likeness (QED) is 0.683. The van der Waals surface area contributed by atoms with Crippen LogP contribution in [0.4, 0.5) is 0 Å². The lowest BCUT2D eigenvalue weighted by molar-refractivity contribution is 0.143. The van der Waals surface area contributed by atoms with Crippen molar-refractivity contribution in [3.05, 3.63) is 30.5 Å². The number of rotatable bonds is 10. The van der Waals surface area contributed by atoms with Gasteiger partial charge in [0.2, 0.25) is 0 Å². The number of unbranched alkanes of at least 4 members (excludes halogenated alkanes) is 1. The molecular formula is C17H26N2O2. The lowest BCUT2D eigenvalue weighted by atomic mass is 10.2. The fourth-order valence-corrected chi connectivity index (χ4v) is 2.49. The fourth-order valence-electron chi connectivity index (χ4n) is 2.49. The second-order valence-corrected chi connectivity index (χ2v) is 5.06. The van der Waals surface area contributed by atoms with Gasteiger partial charge < -0.3 is 19.4 Å². The minimum atomic E-state index is 0.817. The number of aromatic nitrogens is 1. The van der Waals surface area contributed by atoms with Crippen molar-refractivity contribution in [3.8, 4) is 5.75 Å². The van der Waals surface area contributed by atoms with Crippen LogP contribution in [0.25, 0.3) is 10.9 Å². The molecule has 116 valence electrons. The summed E-state index contributed by atoms with van der Waals surface area (Å²) >= 11 is 0. The SMILES string of the molecule is CCOCCCCNCCn1ccc2c(OC)cccc21. The van der Waals surface area contributed by atoms with Crippen LogP contribution in [0.1, 0.15) is 19.8 Å². The summed E-state index contributed by atoms with van der Waals surface area (Å²) in [6, 6.07) is 8.30. The van der Waals surface area contributed by atoms with E-state index in [1.807, 2.05) is 19.1 Å². The number of methoxy groups -OCH3 is 1. The number of hydrogen-bond acceptors (Lipinski definition) is 3. The molecule has 21 heavy (non-hydrogen) atoms. The normalized spacial score (nSPS) is 11.1. The van der Waals surface area contributed by atoms with E-state index in [4.69, 9.17) is 9.47 Å². The molecule has 1 aromatic carbocycles. The summed E-state index contributed by atoms with van der Waals surface area (Å²) in [5, 5.41) is 4.66. The van der Waals surface area contributed by atoms with Gasteiger partial charge in [0, 0.05) is 37.9 Å². The van der Waals surface area contributed by atoms with E-state index in [0.29, 0.717) is 0 Å². The highest BCUT2D eigenvalue weighted by molar-refractivity contribution is 5.86. The first-order chi connectivity index (χ1) is 10.4. The van der Waals surface area contributed by atoms with Crippen LogP contribution in [0.15, 0.2) is 30.5 Å². The summed E-state index contributed by atoms with van der Waals surface area (Å²) in [6.07, 6.45) is 4.43. The monoisotopic (exact) mass is 290 g/mol. The summed E-state index contributed by atoms with van der Waals surface area (Å²) < 4.78 is 13.0. The lowest BCUT2D eigenvalue weighted by Crippen LogP contribution is -2.21. The fraction of sp³-hybridized carbons (Fsp3) is 0.529. The van der Waals surface area contributed by atoms with Gasteiger partial charge in [0.1, 0.15) is 5.75 Å². The molecule has 0 bridgehead atoms. The van der Waals surface area contributed by atoms with Crippen molar-refractivity contribution < 1.29 is 9.47 Å². The van der Waals surface area contributed by atoms with Crippen molar-refractivity contribution in [1.82, 2.24) is 9.88 Å². The molecule has 0 atom stereocenters. The van der Waals surface area contributed by atoms with Crippen LogP contribution in [0.5, 0.6) is 5.75 Å². The second-order valence-electron chi connectivity index (χ2n) is 5.06. The summed E-state index contributed by atoms with van der Waals surface area (Å²) in [7, 11) is 1.72. The minimum absolute atomic E-state index is 0.817. The summed E-state index contributed by atoms with van der Waals surface area (Å²) in [4.78, 5) is 0. The second kappa shape index (κ2) is 8.70. The van der Waals surface area contributed by atoms with Gasteiger partial charge in [-0.1, -0.05) is 6.07 Å². The molecule has 4 heteroatoms. The Morgan fingerprint density at radius 3 is 2.86 bits per heavy atom. The maximum atomic E-state index is 5.39. The van der Waals surface area contributed by atoms with E-state index in [0.717, 1.165) is 45.0 Å². The molecule has 0 aliphatic rings. The minimum Gasteiger partial charge on any atom is -0.496 e. The third-order valence-corrected chi connectivity index (χ3v) is 3.62. The number of ether oxygens (including phenoxy) is 2. The topological polar surface area (TPSA) is 35.4 Å². The number of nitrogens with one attached hydrogen (secondary N) is 1. The van der Waals surface area contributed by atoms with Gasteiger partial charge in [0.25, 0.3) is 0 Å². The van der Waals surface area contributed by atoms with E-state index in [9.17, 15) is 0 Å². The molecule has 2 aromatic rings. The largest absolute Gasteiger partial charge is 0.496 e. The molecular weight excluding hydrogens is 264 g/mol. The number of benzene rings is 1. The Kier molecular flexibility index (Phi) is 6.57. The van der Waals surface area contributed by atoms with Gasteiger partial charge >= 0.3 is 0 Å². The molecule has 0 radical (unpaired) electrons. The summed E-state index contributed by atoms with van der Waals surface area (Å²) in [6.45, 7) is 6.74. The van der Waals surface area contributed by atoms with E-state index in [1.165, 1.54) is 17.3 Å². The third-order valence-electron chi connectivity index (χ3n) is 3.62. The van der Waals surface area contributed by atoms with Gasteiger partial charge in [-0.15, -0.1) is 0 Å². The molecule has 0 fully saturated rings. The van der Waals surface area contributed by atoms with Gasteiger partial charge in [-0.3, -0.25) is 0 Å². The predicted molar refractivity (Wildman–Crippen MR) is 87.1 cm³/mol. The zero-order valence-corrected chi connectivity index (χ0v) is 13.1. The standard InChI is InChI=1S/C17H26N2O2/c1-3-21-14-5-4-10-18-11-13-19-12-9-15-16(19)7-6-8-17(15)20-2/h6-9,12,18H,3-5,10-11,13-14H2,1-2H3. The number of nitrogens with zero attached hydrogens (tertiary/aromatic N) is 1. The first-order valence-electron chi connectivity index (χ1n) is 7.77. The predicted octanol–water partition coefficient (Wildman–Crippen LogP) is 3.06. The van der Waals surface area contributed by atoms with Gasteiger partial charge in [0.05, 0.1) is 12.6 Å². The Morgan fingerprint density at radius 2 is 2.05 bits per heavy atom. The molecule has 0 aliphatic carbocycles. The Hall–Kier alpha value is -1.52. The molecule has 1 heterocycles. The number of fused-ring (bicyclic) bond motifs is 1. The van der Waals surface area contributed by atoms with Crippen molar-refractivity contribution in [2.24, 2.45) is 0 Å². The van der Waals surface area contributed by atoms with Crippen LogP contribution < -0.4 is 10.1 Å². The maximum absolute atomic E-state index is 5.39. The van der Waals surface area contributed by atoms with E-state index in [1.54, 1.807) is 7.11 Å². The highest BCUT2D eigenvalue weighted by Gasteiger charge is 2.04. The Bertz CT molecular complexity index is 537. The highest BCUT2D eigenvalue weighted by atomic mass is 16.5. The smallest absolute Gasteiger partial charge is 0.128 e. The Morgan fingerprint density at radius 1 is 1.14 bits per heavy atom. The zero-order valence-electron chi connectivity index (χ0n) is 13.1. The van der Waals surface area contributed by atoms with Crippen LogP contribution in [-0.2, 0) is 11.3 Å². The molecule has 0 saturated heterocycles. The van der Waals surface area contributed by atoms with Gasteiger partial charge in [-0.25, -0.2) is 0 Å².